The maximum atomic E-state index is 11.9. The maximum Gasteiger partial charge on any atom is 0.326 e. The molecule has 30 heavy (non-hydrogen) atoms. The quantitative estimate of drug-likeness (QED) is 0.157. The van der Waals surface area contributed by atoms with Crippen molar-refractivity contribution >= 4 is 23.6 Å². The number of aliphatic carboxylic acids is 1. The number of allylic oxidation sites excluding steroid dienone is 1. The van der Waals surface area contributed by atoms with Crippen molar-refractivity contribution in [3.63, 3.8) is 0 Å². The van der Waals surface area contributed by atoms with E-state index in [9.17, 15) is 9.59 Å². The Morgan fingerprint density at radius 2 is 1.57 bits per heavy atom. The summed E-state index contributed by atoms with van der Waals surface area (Å²) in [5.41, 5.74) is 7.28. The molecule has 0 fully saturated rings. The summed E-state index contributed by atoms with van der Waals surface area (Å²) in [6.07, 6.45) is 20.6. The second-order valence-electron chi connectivity index (χ2n) is 8.13. The van der Waals surface area contributed by atoms with Gasteiger partial charge in [-0.1, -0.05) is 69.9 Å². The van der Waals surface area contributed by atoms with E-state index >= 15 is 0 Å². The molecular formula is C24H46N2O3S. The molecule has 0 aliphatic rings. The zero-order valence-corrected chi connectivity index (χ0v) is 20.2. The van der Waals surface area contributed by atoms with Crippen LogP contribution in [0.25, 0.3) is 0 Å². The van der Waals surface area contributed by atoms with Gasteiger partial charge in [0.2, 0.25) is 5.91 Å². The molecule has 1 atom stereocenters. The summed E-state index contributed by atoms with van der Waals surface area (Å²) in [6.45, 7) is 2.93. The summed E-state index contributed by atoms with van der Waals surface area (Å²) in [6, 6.07) is -0.759. The normalized spacial score (nSPS) is 12.7. The molecule has 6 heteroatoms. The zero-order valence-electron chi connectivity index (χ0n) is 19.4. The minimum Gasteiger partial charge on any atom is -0.480 e. The summed E-state index contributed by atoms with van der Waals surface area (Å²) in [5.74, 6) is -0.358. The molecule has 4 N–H and O–H groups in total. The Bertz CT molecular complexity index is 469. The van der Waals surface area contributed by atoms with Gasteiger partial charge in [0.05, 0.1) is 0 Å². The number of carbonyl (C=O) groups excluding carboxylic acids is 1. The van der Waals surface area contributed by atoms with Crippen LogP contribution in [0.4, 0.5) is 0 Å². The van der Waals surface area contributed by atoms with Crippen molar-refractivity contribution in [3.05, 3.63) is 11.6 Å². The summed E-state index contributed by atoms with van der Waals surface area (Å²) < 4.78 is 0. The van der Waals surface area contributed by atoms with E-state index in [1.165, 1.54) is 56.9 Å². The van der Waals surface area contributed by atoms with Gasteiger partial charge < -0.3 is 16.2 Å². The number of hydrogen-bond acceptors (Lipinski definition) is 4. The Morgan fingerprint density at radius 1 is 0.967 bits per heavy atom. The standard InChI is InChI=1S/C24H46N2O3S/c1-3-4-5-6-9-12-15-21(20-25)16-13-10-7-8-11-14-17-23(27)26-22(24(28)29)18-19-30-2/h16,22H,3-15,17-20,25H2,1-2H3,(H,26,27)(H,28,29). The molecule has 0 bridgehead atoms. The molecule has 0 rings (SSSR count). The number of carboxylic acids is 1. The molecule has 0 saturated carbocycles. The molecule has 0 spiro atoms. The summed E-state index contributed by atoms with van der Waals surface area (Å²) >= 11 is 1.59. The lowest BCUT2D eigenvalue weighted by Gasteiger charge is -2.13. The van der Waals surface area contributed by atoms with Gasteiger partial charge in [0.15, 0.2) is 0 Å². The van der Waals surface area contributed by atoms with Crippen molar-refractivity contribution in [2.45, 2.75) is 109 Å². The molecule has 1 amide bonds. The van der Waals surface area contributed by atoms with Crippen molar-refractivity contribution in [1.82, 2.24) is 5.32 Å². The molecule has 176 valence electrons. The van der Waals surface area contributed by atoms with E-state index in [1.54, 1.807) is 11.8 Å². The number of carbonyl (C=O) groups is 2. The van der Waals surface area contributed by atoms with E-state index in [0.29, 0.717) is 19.4 Å². The summed E-state index contributed by atoms with van der Waals surface area (Å²) in [4.78, 5) is 23.1. The molecule has 0 heterocycles. The van der Waals surface area contributed by atoms with Crippen molar-refractivity contribution in [2.24, 2.45) is 5.73 Å². The molecule has 1 unspecified atom stereocenters. The van der Waals surface area contributed by atoms with Gasteiger partial charge in [0.1, 0.15) is 6.04 Å². The largest absolute Gasteiger partial charge is 0.480 e. The predicted octanol–water partition coefficient (Wildman–Crippen LogP) is 5.68. The first-order valence-corrected chi connectivity index (χ1v) is 13.3. The molecular weight excluding hydrogens is 396 g/mol. The Balaban J connectivity index is 3.73. The Labute approximate surface area is 189 Å². The van der Waals surface area contributed by atoms with Gasteiger partial charge in [-0.3, -0.25) is 4.79 Å². The van der Waals surface area contributed by atoms with Crippen LogP contribution in [-0.2, 0) is 9.59 Å². The van der Waals surface area contributed by atoms with Gasteiger partial charge in [-0.05, 0) is 50.5 Å². The van der Waals surface area contributed by atoms with Crippen molar-refractivity contribution < 1.29 is 14.7 Å². The average molecular weight is 443 g/mol. The Hall–Kier alpha value is -1.01. The average Bonchev–Trinajstić information content (AvgIpc) is 2.73. The summed E-state index contributed by atoms with van der Waals surface area (Å²) in [7, 11) is 0. The molecule has 0 aliphatic heterocycles. The van der Waals surface area contributed by atoms with E-state index < -0.39 is 12.0 Å². The van der Waals surface area contributed by atoms with Crippen LogP contribution in [0.2, 0.25) is 0 Å². The Kier molecular flexibility index (Phi) is 20.5. The lowest BCUT2D eigenvalue weighted by molar-refractivity contribution is -0.141. The van der Waals surface area contributed by atoms with Crippen LogP contribution in [-0.4, -0.2) is 41.6 Å². The molecule has 0 radical (unpaired) electrons. The third-order valence-corrected chi connectivity index (χ3v) is 6.04. The highest BCUT2D eigenvalue weighted by molar-refractivity contribution is 7.98. The van der Waals surface area contributed by atoms with Crippen molar-refractivity contribution in [3.8, 4) is 0 Å². The van der Waals surface area contributed by atoms with Gasteiger partial charge in [0.25, 0.3) is 0 Å². The molecule has 0 aromatic rings. The highest BCUT2D eigenvalue weighted by Crippen LogP contribution is 2.14. The fourth-order valence-corrected chi connectivity index (χ4v) is 3.92. The minimum atomic E-state index is -0.946. The fourth-order valence-electron chi connectivity index (χ4n) is 3.45. The number of nitrogens with one attached hydrogen (secondary N) is 1. The molecule has 0 saturated heterocycles. The first-order valence-electron chi connectivity index (χ1n) is 11.9. The molecule has 0 aliphatic carbocycles. The number of thioether (sulfide) groups is 1. The van der Waals surface area contributed by atoms with Crippen molar-refractivity contribution in [2.75, 3.05) is 18.6 Å². The smallest absolute Gasteiger partial charge is 0.326 e. The van der Waals surface area contributed by atoms with Gasteiger partial charge in [-0.25, -0.2) is 4.79 Å². The van der Waals surface area contributed by atoms with E-state index in [2.05, 4.69) is 18.3 Å². The lowest BCUT2D eigenvalue weighted by Crippen LogP contribution is -2.41. The highest BCUT2D eigenvalue weighted by atomic mass is 32.2. The number of hydrogen-bond donors (Lipinski definition) is 3. The van der Waals surface area contributed by atoms with Gasteiger partial charge >= 0.3 is 5.97 Å². The molecule has 0 aromatic heterocycles. The van der Waals surface area contributed by atoms with Crippen LogP contribution in [0, 0.1) is 0 Å². The summed E-state index contributed by atoms with van der Waals surface area (Å²) in [5, 5.41) is 11.8. The third kappa shape index (κ3) is 17.8. The van der Waals surface area contributed by atoms with E-state index in [1.807, 2.05) is 6.26 Å². The molecule has 5 nitrogen and oxygen atoms in total. The SMILES string of the molecule is CCCCCCCCC(=CCCCCCCCC(=O)NC(CCSC)C(=O)O)CN. The predicted molar refractivity (Wildman–Crippen MR) is 130 cm³/mol. The van der Waals surface area contributed by atoms with Crippen LogP contribution in [0.5, 0.6) is 0 Å². The number of nitrogens with two attached hydrogens (primary N) is 1. The number of unbranched alkanes of at least 4 members (excludes halogenated alkanes) is 10. The topological polar surface area (TPSA) is 92.4 Å². The second-order valence-corrected chi connectivity index (χ2v) is 9.12. The maximum absolute atomic E-state index is 11.9. The van der Waals surface area contributed by atoms with E-state index in [-0.39, 0.29) is 5.91 Å². The van der Waals surface area contributed by atoms with E-state index in [4.69, 9.17) is 10.8 Å². The van der Waals surface area contributed by atoms with Crippen LogP contribution in [0.1, 0.15) is 103 Å². The Morgan fingerprint density at radius 3 is 2.17 bits per heavy atom. The lowest BCUT2D eigenvalue weighted by atomic mass is 10.0. The first kappa shape index (κ1) is 29.0. The number of amides is 1. The monoisotopic (exact) mass is 442 g/mol. The van der Waals surface area contributed by atoms with Crippen LogP contribution >= 0.6 is 11.8 Å². The number of carboxylic acid groups (broad SMARTS) is 1. The first-order chi connectivity index (χ1) is 14.5. The minimum absolute atomic E-state index is 0.145. The van der Waals surface area contributed by atoms with Crippen molar-refractivity contribution in [1.29, 1.82) is 0 Å². The zero-order chi connectivity index (χ0) is 22.5. The number of rotatable bonds is 21. The van der Waals surface area contributed by atoms with Gasteiger partial charge in [0, 0.05) is 13.0 Å². The highest BCUT2D eigenvalue weighted by Gasteiger charge is 2.18. The van der Waals surface area contributed by atoms with Crippen LogP contribution < -0.4 is 11.1 Å². The van der Waals surface area contributed by atoms with Gasteiger partial charge in [-0.15, -0.1) is 0 Å². The van der Waals surface area contributed by atoms with Crippen LogP contribution in [0.3, 0.4) is 0 Å². The van der Waals surface area contributed by atoms with Crippen LogP contribution in [0.15, 0.2) is 11.6 Å². The van der Waals surface area contributed by atoms with E-state index in [0.717, 1.165) is 37.9 Å². The molecule has 0 aromatic carbocycles. The third-order valence-electron chi connectivity index (χ3n) is 5.40. The fraction of sp³-hybridized carbons (Fsp3) is 0.833. The second kappa shape index (κ2) is 21.2. The van der Waals surface area contributed by atoms with Gasteiger partial charge in [-0.2, -0.15) is 11.8 Å².